The Morgan fingerprint density at radius 3 is 2.34 bits per heavy atom. The van der Waals surface area contributed by atoms with E-state index in [0.717, 1.165) is 11.1 Å². The van der Waals surface area contributed by atoms with Crippen LogP contribution in [-0.4, -0.2) is 49.1 Å². The summed E-state index contributed by atoms with van der Waals surface area (Å²) in [5, 5.41) is 3.99. The number of methoxy groups -OCH3 is 1. The minimum atomic E-state index is -0.255. The molecule has 1 aromatic heterocycles. The Morgan fingerprint density at radius 2 is 1.66 bits per heavy atom. The van der Waals surface area contributed by atoms with Gasteiger partial charge in [0.15, 0.2) is 11.5 Å². The second-order valence-electron chi connectivity index (χ2n) is 8.28. The normalized spacial score (nSPS) is 11.6. The number of aromatic nitrogens is 2. The largest absolute Gasteiger partial charge is 0.487 e. The van der Waals surface area contributed by atoms with Crippen LogP contribution in [0.2, 0.25) is 0 Å². The van der Waals surface area contributed by atoms with Crippen molar-refractivity contribution in [2.24, 2.45) is 0 Å². The molecule has 8 heteroatoms. The van der Waals surface area contributed by atoms with Gasteiger partial charge in [0, 0.05) is 24.2 Å². The molecule has 0 aliphatic rings. The number of hydrogen-bond donors (Lipinski definition) is 1. The summed E-state index contributed by atoms with van der Waals surface area (Å²) in [6, 6.07) is 8.47. The SMILES string of the molecule is COCCOc1cc2ncnc(Nc3ccc(F)c(C)c3)c2cc1OCCOC(C)(C)C. The van der Waals surface area contributed by atoms with Crippen molar-refractivity contribution in [1.82, 2.24) is 9.97 Å². The van der Waals surface area contributed by atoms with Crippen LogP contribution in [0, 0.1) is 12.7 Å². The molecule has 3 aromatic rings. The van der Waals surface area contributed by atoms with Crippen LogP contribution >= 0.6 is 0 Å². The number of aryl methyl sites for hydroxylation is 1. The Labute approximate surface area is 187 Å². The predicted octanol–water partition coefficient (Wildman–Crippen LogP) is 5.04. The lowest BCUT2D eigenvalue weighted by molar-refractivity contribution is -0.0166. The van der Waals surface area contributed by atoms with Crippen molar-refractivity contribution in [3.8, 4) is 11.5 Å². The summed E-state index contributed by atoms with van der Waals surface area (Å²) < 4.78 is 36.3. The van der Waals surface area contributed by atoms with Crippen LogP contribution < -0.4 is 14.8 Å². The van der Waals surface area contributed by atoms with E-state index in [1.807, 2.05) is 32.9 Å². The highest BCUT2D eigenvalue weighted by Gasteiger charge is 2.14. The Morgan fingerprint density at radius 1 is 0.938 bits per heavy atom. The zero-order valence-electron chi connectivity index (χ0n) is 19.2. The lowest BCUT2D eigenvalue weighted by Gasteiger charge is -2.20. The van der Waals surface area contributed by atoms with E-state index in [9.17, 15) is 4.39 Å². The van der Waals surface area contributed by atoms with Crippen LogP contribution in [0.3, 0.4) is 0 Å². The standard InChI is InChI=1S/C24H30FN3O4/c1-16-12-17(6-7-19(16)25)28-23-18-13-21(31-10-11-32-24(2,3)4)22(30-9-8-29-5)14-20(18)26-15-27-23/h6-7,12-15H,8-11H2,1-5H3,(H,26,27,28). The molecule has 0 radical (unpaired) electrons. The lowest BCUT2D eigenvalue weighted by Crippen LogP contribution is -2.22. The summed E-state index contributed by atoms with van der Waals surface area (Å²) in [4.78, 5) is 8.74. The van der Waals surface area contributed by atoms with Crippen LogP contribution in [0.5, 0.6) is 11.5 Å². The second kappa shape index (κ2) is 10.6. The molecule has 7 nitrogen and oxygen atoms in total. The highest BCUT2D eigenvalue weighted by molar-refractivity contribution is 5.93. The van der Waals surface area contributed by atoms with Crippen molar-refractivity contribution in [2.45, 2.75) is 33.3 Å². The maximum absolute atomic E-state index is 13.6. The minimum absolute atomic E-state index is 0.247. The van der Waals surface area contributed by atoms with E-state index in [2.05, 4.69) is 15.3 Å². The summed E-state index contributed by atoms with van der Waals surface area (Å²) in [5.74, 6) is 1.45. The number of halogens is 1. The van der Waals surface area contributed by atoms with Crippen molar-refractivity contribution in [1.29, 1.82) is 0 Å². The zero-order chi connectivity index (χ0) is 23.1. The number of rotatable bonds is 10. The van der Waals surface area contributed by atoms with Gasteiger partial charge in [-0.1, -0.05) is 0 Å². The third kappa shape index (κ3) is 6.51. The summed E-state index contributed by atoms with van der Waals surface area (Å²) in [6.45, 7) is 9.32. The molecule has 1 N–H and O–H groups in total. The lowest BCUT2D eigenvalue weighted by atomic mass is 10.2. The first-order chi connectivity index (χ1) is 15.3. The van der Waals surface area contributed by atoms with Gasteiger partial charge in [0.2, 0.25) is 0 Å². The Balaban J connectivity index is 1.89. The molecule has 32 heavy (non-hydrogen) atoms. The average Bonchev–Trinajstić information content (AvgIpc) is 2.74. The van der Waals surface area contributed by atoms with Gasteiger partial charge in [0.25, 0.3) is 0 Å². The van der Waals surface area contributed by atoms with Gasteiger partial charge in [0.1, 0.15) is 31.2 Å². The number of benzene rings is 2. The van der Waals surface area contributed by atoms with Crippen LogP contribution in [0.4, 0.5) is 15.9 Å². The number of ether oxygens (including phenoxy) is 4. The second-order valence-corrected chi connectivity index (χ2v) is 8.28. The average molecular weight is 444 g/mol. The fraction of sp³-hybridized carbons (Fsp3) is 0.417. The van der Waals surface area contributed by atoms with E-state index in [0.29, 0.717) is 54.8 Å². The highest BCUT2D eigenvalue weighted by Crippen LogP contribution is 2.35. The van der Waals surface area contributed by atoms with Crippen LogP contribution in [0.15, 0.2) is 36.7 Å². The van der Waals surface area contributed by atoms with Gasteiger partial charge in [-0.25, -0.2) is 14.4 Å². The summed E-state index contributed by atoms with van der Waals surface area (Å²) in [7, 11) is 1.62. The van der Waals surface area contributed by atoms with Crippen molar-refractivity contribution in [2.75, 3.05) is 38.9 Å². The van der Waals surface area contributed by atoms with Gasteiger partial charge < -0.3 is 24.3 Å². The molecule has 0 atom stereocenters. The molecule has 172 valence electrons. The number of nitrogens with one attached hydrogen (secondary N) is 1. The molecular formula is C24H30FN3O4. The molecule has 0 aliphatic carbocycles. The Hall–Kier alpha value is -2.97. The fourth-order valence-electron chi connectivity index (χ4n) is 2.98. The van der Waals surface area contributed by atoms with Crippen LogP contribution in [0.25, 0.3) is 10.9 Å². The van der Waals surface area contributed by atoms with E-state index in [1.165, 1.54) is 12.4 Å². The molecule has 3 rings (SSSR count). The fourth-order valence-corrected chi connectivity index (χ4v) is 2.98. The van der Waals surface area contributed by atoms with E-state index in [4.69, 9.17) is 18.9 Å². The predicted molar refractivity (Wildman–Crippen MR) is 123 cm³/mol. The van der Waals surface area contributed by atoms with Gasteiger partial charge in [-0.05, 0) is 57.5 Å². The smallest absolute Gasteiger partial charge is 0.163 e. The molecule has 0 saturated carbocycles. The van der Waals surface area contributed by atoms with Gasteiger partial charge in [-0.2, -0.15) is 0 Å². The first-order valence-corrected chi connectivity index (χ1v) is 10.5. The Kier molecular flexibility index (Phi) is 7.82. The molecular weight excluding hydrogens is 413 g/mol. The first kappa shape index (κ1) is 23.7. The number of fused-ring (bicyclic) bond motifs is 1. The molecule has 1 heterocycles. The highest BCUT2D eigenvalue weighted by atomic mass is 19.1. The number of hydrogen-bond acceptors (Lipinski definition) is 7. The Bertz CT molecular complexity index is 1050. The molecule has 0 fully saturated rings. The maximum Gasteiger partial charge on any atom is 0.163 e. The number of anilines is 2. The summed E-state index contributed by atoms with van der Waals surface area (Å²) >= 11 is 0. The van der Waals surface area contributed by atoms with E-state index in [1.54, 1.807) is 26.2 Å². The van der Waals surface area contributed by atoms with Crippen molar-refractivity contribution in [3.05, 3.63) is 48.0 Å². The minimum Gasteiger partial charge on any atom is -0.487 e. The molecule has 0 bridgehead atoms. The molecule has 0 unspecified atom stereocenters. The third-order valence-corrected chi connectivity index (χ3v) is 4.54. The molecule has 0 spiro atoms. The van der Waals surface area contributed by atoms with Gasteiger partial charge >= 0.3 is 0 Å². The van der Waals surface area contributed by atoms with Gasteiger partial charge in [0.05, 0.1) is 24.3 Å². The molecule has 2 aromatic carbocycles. The monoisotopic (exact) mass is 443 g/mol. The quantitative estimate of drug-likeness (QED) is 0.440. The third-order valence-electron chi connectivity index (χ3n) is 4.54. The van der Waals surface area contributed by atoms with Gasteiger partial charge in [-0.3, -0.25) is 0 Å². The van der Waals surface area contributed by atoms with Crippen molar-refractivity contribution in [3.63, 3.8) is 0 Å². The maximum atomic E-state index is 13.6. The van der Waals surface area contributed by atoms with Gasteiger partial charge in [-0.15, -0.1) is 0 Å². The zero-order valence-corrected chi connectivity index (χ0v) is 19.2. The van der Waals surface area contributed by atoms with E-state index in [-0.39, 0.29) is 11.4 Å². The molecule has 0 saturated heterocycles. The summed E-state index contributed by atoms with van der Waals surface area (Å²) in [6.07, 6.45) is 1.47. The molecule has 0 aliphatic heterocycles. The van der Waals surface area contributed by atoms with Crippen molar-refractivity contribution < 1.29 is 23.3 Å². The van der Waals surface area contributed by atoms with Crippen molar-refractivity contribution >= 4 is 22.4 Å². The van der Waals surface area contributed by atoms with E-state index < -0.39 is 0 Å². The number of nitrogens with zero attached hydrogens (tertiary/aromatic N) is 2. The first-order valence-electron chi connectivity index (χ1n) is 10.5. The van der Waals surface area contributed by atoms with E-state index >= 15 is 0 Å². The summed E-state index contributed by atoms with van der Waals surface area (Å²) in [5.41, 5.74) is 1.71. The topological polar surface area (TPSA) is 74.7 Å². The van der Waals surface area contributed by atoms with Crippen LogP contribution in [-0.2, 0) is 9.47 Å². The van der Waals surface area contributed by atoms with Crippen LogP contribution in [0.1, 0.15) is 26.3 Å². The molecule has 0 amide bonds.